The van der Waals surface area contributed by atoms with Crippen molar-refractivity contribution in [3.05, 3.63) is 29.1 Å². The van der Waals surface area contributed by atoms with Gasteiger partial charge in [0.1, 0.15) is 0 Å². The molecule has 0 unspecified atom stereocenters. The smallest absolute Gasteiger partial charge is 0.310 e. The molecule has 2 aromatic rings. The highest BCUT2D eigenvalue weighted by Crippen LogP contribution is 2.30. The van der Waals surface area contributed by atoms with Crippen LogP contribution in [-0.4, -0.2) is 38.9 Å². The molecule has 23 heavy (non-hydrogen) atoms. The molecule has 7 heteroatoms. The second-order valence-electron chi connectivity index (χ2n) is 5.64. The normalized spacial score (nSPS) is 16.6. The molecule has 0 N–H and O–H groups in total. The Morgan fingerprint density at radius 2 is 2.00 bits per heavy atom. The minimum absolute atomic E-state index is 0.156. The molecule has 1 aromatic heterocycles. The summed E-state index contributed by atoms with van der Waals surface area (Å²) < 4.78 is 32.8. The third kappa shape index (κ3) is 3.27. The van der Waals surface area contributed by atoms with E-state index in [1.807, 2.05) is 11.4 Å². The van der Waals surface area contributed by atoms with Gasteiger partial charge in [0, 0.05) is 17.8 Å². The highest BCUT2D eigenvalue weighted by Gasteiger charge is 2.26. The Morgan fingerprint density at radius 1 is 1.26 bits per heavy atom. The number of thiophene rings is 1. The summed E-state index contributed by atoms with van der Waals surface area (Å²) in [5, 5.41) is 2.71. The summed E-state index contributed by atoms with van der Waals surface area (Å²) in [6.45, 7) is 1.16. The minimum atomic E-state index is -3.46. The minimum Gasteiger partial charge on any atom is -0.469 e. The van der Waals surface area contributed by atoms with E-state index in [1.165, 1.54) is 18.4 Å². The fraction of sp³-hybridized carbons (Fsp3) is 0.438. The van der Waals surface area contributed by atoms with Gasteiger partial charge in [-0.3, -0.25) is 4.79 Å². The van der Waals surface area contributed by atoms with Gasteiger partial charge in [-0.05, 0) is 47.4 Å². The van der Waals surface area contributed by atoms with Gasteiger partial charge in [-0.1, -0.05) is 6.42 Å². The van der Waals surface area contributed by atoms with Crippen molar-refractivity contribution in [2.75, 3.05) is 20.2 Å². The molecule has 0 atom stereocenters. The van der Waals surface area contributed by atoms with Crippen molar-refractivity contribution in [3.8, 4) is 0 Å². The summed E-state index contributed by atoms with van der Waals surface area (Å²) in [7, 11) is -2.11. The molecule has 0 radical (unpaired) electrons. The molecule has 0 amide bonds. The monoisotopic (exact) mass is 353 g/mol. The number of nitrogens with zero attached hydrogens (tertiary/aromatic N) is 1. The van der Waals surface area contributed by atoms with Crippen molar-refractivity contribution in [2.24, 2.45) is 0 Å². The molecule has 2 heterocycles. The topological polar surface area (TPSA) is 63.7 Å². The number of methoxy groups -OCH3 is 1. The summed E-state index contributed by atoms with van der Waals surface area (Å²) in [4.78, 5) is 11.8. The molecule has 1 aliphatic heterocycles. The lowest BCUT2D eigenvalue weighted by atomic mass is 10.1. The molecule has 0 saturated carbocycles. The first-order chi connectivity index (χ1) is 11.0. The van der Waals surface area contributed by atoms with Crippen LogP contribution in [0.1, 0.15) is 24.8 Å². The van der Waals surface area contributed by atoms with Crippen molar-refractivity contribution in [2.45, 2.75) is 30.6 Å². The standard InChI is InChI=1S/C16H19NO4S2/c1-21-16(18)9-12-11-22-15-6-5-13(10-14(12)15)23(19,20)17-7-3-2-4-8-17/h5-6,10-11H,2-4,7-9H2,1H3. The number of ether oxygens (including phenoxy) is 1. The van der Waals surface area contributed by atoms with Crippen LogP contribution in [0.25, 0.3) is 10.1 Å². The van der Waals surface area contributed by atoms with Crippen molar-refractivity contribution in [3.63, 3.8) is 0 Å². The van der Waals surface area contributed by atoms with Crippen LogP contribution >= 0.6 is 11.3 Å². The zero-order valence-electron chi connectivity index (χ0n) is 12.9. The van der Waals surface area contributed by atoms with Gasteiger partial charge in [-0.25, -0.2) is 8.42 Å². The van der Waals surface area contributed by atoms with Crippen LogP contribution in [0.4, 0.5) is 0 Å². The predicted molar refractivity (Wildman–Crippen MR) is 90.2 cm³/mol. The zero-order valence-corrected chi connectivity index (χ0v) is 14.6. The number of carbonyl (C=O) groups is 1. The fourth-order valence-corrected chi connectivity index (χ4v) is 5.33. The second kappa shape index (κ2) is 6.59. The molecule has 0 bridgehead atoms. The fourth-order valence-electron chi connectivity index (χ4n) is 2.84. The van der Waals surface area contributed by atoms with Gasteiger partial charge in [0.05, 0.1) is 18.4 Å². The van der Waals surface area contributed by atoms with E-state index in [0.29, 0.717) is 18.0 Å². The van der Waals surface area contributed by atoms with Gasteiger partial charge in [0.25, 0.3) is 0 Å². The third-order valence-corrected chi connectivity index (χ3v) is 7.05. The van der Waals surface area contributed by atoms with Crippen LogP contribution in [0, 0.1) is 0 Å². The lowest BCUT2D eigenvalue weighted by Gasteiger charge is -2.25. The maximum absolute atomic E-state index is 12.8. The SMILES string of the molecule is COC(=O)Cc1csc2ccc(S(=O)(=O)N3CCCCC3)cc12. The highest BCUT2D eigenvalue weighted by molar-refractivity contribution is 7.89. The Kier molecular flexibility index (Phi) is 4.70. The number of carbonyl (C=O) groups excluding carboxylic acids is 1. The van der Waals surface area contributed by atoms with Gasteiger partial charge in [0.2, 0.25) is 10.0 Å². The summed E-state index contributed by atoms with van der Waals surface area (Å²) in [6.07, 6.45) is 3.06. The average molecular weight is 353 g/mol. The molecule has 0 aliphatic carbocycles. The van der Waals surface area contributed by atoms with Crippen LogP contribution in [0.5, 0.6) is 0 Å². The van der Waals surface area contributed by atoms with E-state index in [-0.39, 0.29) is 12.4 Å². The van der Waals surface area contributed by atoms with E-state index in [1.54, 1.807) is 16.4 Å². The van der Waals surface area contributed by atoms with E-state index >= 15 is 0 Å². The van der Waals surface area contributed by atoms with Gasteiger partial charge in [-0.2, -0.15) is 4.31 Å². The molecule has 1 aliphatic rings. The van der Waals surface area contributed by atoms with Gasteiger partial charge >= 0.3 is 5.97 Å². The lowest BCUT2D eigenvalue weighted by molar-refractivity contribution is -0.139. The van der Waals surface area contributed by atoms with Crippen molar-refractivity contribution in [1.82, 2.24) is 4.31 Å². The first kappa shape index (κ1) is 16.4. The van der Waals surface area contributed by atoms with Crippen molar-refractivity contribution >= 4 is 37.4 Å². The first-order valence-electron chi connectivity index (χ1n) is 7.59. The number of rotatable bonds is 4. The average Bonchev–Trinajstić information content (AvgIpc) is 2.97. The number of fused-ring (bicyclic) bond motifs is 1. The molecule has 124 valence electrons. The van der Waals surface area contributed by atoms with Gasteiger partial charge in [0.15, 0.2) is 0 Å². The summed E-state index contributed by atoms with van der Waals surface area (Å²) in [5.41, 5.74) is 0.813. The van der Waals surface area contributed by atoms with Gasteiger partial charge in [-0.15, -0.1) is 11.3 Å². The third-order valence-electron chi connectivity index (χ3n) is 4.14. The van der Waals surface area contributed by atoms with Crippen LogP contribution in [0.15, 0.2) is 28.5 Å². The molecule has 1 fully saturated rings. The van der Waals surface area contributed by atoms with Crippen LogP contribution in [0.3, 0.4) is 0 Å². The predicted octanol–water partition coefficient (Wildman–Crippen LogP) is 2.79. The Balaban J connectivity index is 1.98. The largest absolute Gasteiger partial charge is 0.469 e. The quantitative estimate of drug-likeness (QED) is 0.793. The maximum Gasteiger partial charge on any atom is 0.310 e. The van der Waals surface area contributed by atoms with E-state index < -0.39 is 10.0 Å². The summed E-state index contributed by atoms with van der Waals surface area (Å²) >= 11 is 1.51. The summed E-state index contributed by atoms with van der Waals surface area (Å²) in [6, 6.07) is 5.16. The van der Waals surface area contributed by atoms with Crippen LogP contribution in [0.2, 0.25) is 0 Å². The molecule has 1 saturated heterocycles. The number of esters is 1. The molecule has 0 spiro atoms. The van der Waals surface area contributed by atoms with Crippen LogP contribution in [-0.2, 0) is 26.0 Å². The van der Waals surface area contributed by atoms with Gasteiger partial charge < -0.3 is 4.74 Å². The second-order valence-corrected chi connectivity index (χ2v) is 8.49. The van der Waals surface area contributed by atoms with E-state index in [4.69, 9.17) is 4.74 Å². The molecule has 3 rings (SSSR count). The highest BCUT2D eigenvalue weighted by atomic mass is 32.2. The zero-order chi connectivity index (χ0) is 16.4. The molecular formula is C16H19NO4S2. The number of piperidine rings is 1. The Morgan fingerprint density at radius 3 is 2.70 bits per heavy atom. The number of hydrogen-bond acceptors (Lipinski definition) is 5. The van der Waals surface area contributed by atoms with E-state index in [0.717, 1.165) is 34.9 Å². The number of hydrogen-bond donors (Lipinski definition) is 0. The van der Waals surface area contributed by atoms with Crippen LogP contribution < -0.4 is 0 Å². The number of benzene rings is 1. The Hall–Kier alpha value is -1.44. The van der Waals surface area contributed by atoms with Crippen molar-refractivity contribution < 1.29 is 17.9 Å². The maximum atomic E-state index is 12.8. The van der Waals surface area contributed by atoms with E-state index in [2.05, 4.69) is 0 Å². The molecular weight excluding hydrogens is 334 g/mol. The van der Waals surface area contributed by atoms with E-state index in [9.17, 15) is 13.2 Å². The lowest BCUT2D eigenvalue weighted by Crippen LogP contribution is -2.35. The number of sulfonamides is 1. The van der Waals surface area contributed by atoms with Crippen molar-refractivity contribution in [1.29, 1.82) is 0 Å². The summed E-state index contributed by atoms with van der Waals surface area (Å²) in [5.74, 6) is -0.325. The molecule has 5 nitrogen and oxygen atoms in total. The Bertz CT molecular complexity index is 820. The first-order valence-corrected chi connectivity index (χ1v) is 9.91. The molecule has 1 aromatic carbocycles. The Labute approximate surface area is 139 Å².